The summed E-state index contributed by atoms with van der Waals surface area (Å²) >= 11 is 3.32. The first kappa shape index (κ1) is 15.5. The molecule has 2 aromatic rings. The van der Waals surface area contributed by atoms with Gasteiger partial charge in [-0.05, 0) is 43.4 Å². The molecule has 0 aliphatic rings. The van der Waals surface area contributed by atoms with Gasteiger partial charge in [0.25, 0.3) is 0 Å². The van der Waals surface area contributed by atoms with E-state index in [1.165, 1.54) is 12.1 Å². The van der Waals surface area contributed by atoms with Crippen molar-refractivity contribution in [3.05, 3.63) is 52.8 Å². The van der Waals surface area contributed by atoms with Crippen LogP contribution in [-0.2, 0) is 4.79 Å². The van der Waals surface area contributed by atoms with Gasteiger partial charge in [-0.25, -0.2) is 4.39 Å². The highest BCUT2D eigenvalue weighted by Gasteiger charge is 2.08. The van der Waals surface area contributed by atoms with Gasteiger partial charge in [0.2, 0.25) is 5.91 Å². The molecule has 0 fully saturated rings. The van der Waals surface area contributed by atoms with Crippen LogP contribution in [-0.4, -0.2) is 19.5 Å². The maximum Gasteiger partial charge on any atom is 0.238 e. The minimum atomic E-state index is -0.542. The number of carbonyl (C=O) groups excluding carboxylic acids is 1. The molecule has 0 bridgehead atoms. The molecular weight excluding hydrogens is 339 g/mol. The Balaban J connectivity index is 2.08. The van der Waals surface area contributed by atoms with Crippen molar-refractivity contribution in [2.45, 2.75) is 0 Å². The maximum absolute atomic E-state index is 14.0. The van der Waals surface area contributed by atoms with Crippen LogP contribution in [0.15, 0.2) is 46.9 Å². The molecule has 1 amide bonds. The quantitative estimate of drug-likeness (QED) is 0.865. The van der Waals surface area contributed by atoms with Gasteiger partial charge in [-0.1, -0.05) is 15.9 Å². The number of halogens is 2. The van der Waals surface area contributed by atoms with Gasteiger partial charge in [-0.2, -0.15) is 0 Å². The zero-order chi connectivity index (χ0) is 15.2. The molecule has 21 heavy (non-hydrogen) atoms. The van der Waals surface area contributed by atoms with Crippen LogP contribution in [0.1, 0.15) is 0 Å². The van der Waals surface area contributed by atoms with E-state index in [0.29, 0.717) is 11.4 Å². The molecule has 0 aromatic heterocycles. The largest absolute Gasteiger partial charge is 0.454 e. The minimum Gasteiger partial charge on any atom is -0.454 e. The van der Waals surface area contributed by atoms with E-state index >= 15 is 0 Å². The highest BCUT2D eigenvalue weighted by molar-refractivity contribution is 9.10. The summed E-state index contributed by atoms with van der Waals surface area (Å²) in [7, 11) is 1.66. The Bertz CT molecular complexity index is 632. The van der Waals surface area contributed by atoms with Gasteiger partial charge >= 0.3 is 0 Å². The second-order valence-electron chi connectivity index (χ2n) is 4.28. The summed E-state index contributed by atoms with van der Waals surface area (Å²) in [6.07, 6.45) is 0. The fourth-order valence-electron chi connectivity index (χ4n) is 1.66. The lowest BCUT2D eigenvalue weighted by atomic mass is 10.2. The summed E-state index contributed by atoms with van der Waals surface area (Å²) in [5, 5.41) is 5.30. The van der Waals surface area contributed by atoms with Crippen LogP contribution < -0.4 is 15.4 Å². The molecular formula is C15H14BrFN2O2. The van der Waals surface area contributed by atoms with Crippen molar-refractivity contribution >= 4 is 27.5 Å². The number of rotatable bonds is 5. The third-order valence-corrected chi connectivity index (χ3v) is 3.12. The lowest BCUT2D eigenvalue weighted by Crippen LogP contribution is -2.25. The minimum absolute atomic E-state index is 0.101. The van der Waals surface area contributed by atoms with E-state index in [4.69, 9.17) is 4.74 Å². The van der Waals surface area contributed by atoms with Crippen LogP contribution in [0.5, 0.6) is 11.5 Å². The normalized spacial score (nSPS) is 10.2. The molecule has 6 heteroatoms. The van der Waals surface area contributed by atoms with Crippen molar-refractivity contribution in [1.29, 1.82) is 0 Å². The topological polar surface area (TPSA) is 50.4 Å². The summed E-state index contributed by atoms with van der Waals surface area (Å²) in [5.41, 5.74) is 0.385. The molecule has 0 atom stereocenters. The Morgan fingerprint density at radius 3 is 2.57 bits per heavy atom. The van der Waals surface area contributed by atoms with Crippen molar-refractivity contribution in [2.24, 2.45) is 0 Å². The molecule has 0 saturated heterocycles. The van der Waals surface area contributed by atoms with Crippen LogP contribution in [0.2, 0.25) is 0 Å². The first-order valence-corrected chi connectivity index (χ1v) is 7.05. The van der Waals surface area contributed by atoms with Crippen molar-refractivity contribution in [3.63, 3.8) is 0 Å². The third kappa shape index (κ3) is 4.54. The van der Waals surface area contributed by atoms with Crippen LogP contribution >= 0.6 is 15.9 Å². The molecule has 0 unspecified atom stereocenters. The Labute approximate surface area is 130 Å². The molecule has 0 heterocycles. The van der Waals surface area contributed by atoms with Crippen molar-refractivity contribution in [3.8, 4) is 11.5 Å². The first-order valence-electron chi connectivity index (χ1n) is 6.26. The zero-order valence-corrected chi connectivity index (χ0v) is 12.9. The van der Waals surface area contributed by atoms with Crippen molar-refractivity contribution in [2.75, 3.05) is 18.9 Å². The second-order valence-corrected chi connectivity index (χ2v) is 5.20. The number of anilines is 1. The Morgan fingerprint density at radius 1 is 1.24 bits per heavy atom. The van der Waals surface area contributed by atoms with E-state index in [2.05, 4.69) is 26.6 Å². The van der Waals surface area contributed by atoms with Gasteiger partial charge in [-0.15, -0.1) is 0 Å². The van der Waals surface area contributed by atoms with Gasteiger partial charge in [0.1, 0.15) is 5.75 Å². The zero-order valence-electron chi connectivity index (χ0n) is 11.3. The Hall–Kier alpha value is -1.92. The molecule has 0 spiro atoms. The average Bonchev–Trinajstić information content (AvgIpc) is 2.44. The Kier molecular flexibility index (Phi) is 5.30. The predicted molar refractivity (Wildman–Crippen MR) is 83.2 cm³/mol. The molecule has 0 aliphatic heterocycles. The number of hydrogen-bond acceptors (Lipinski definition) is 3. The van der Waals surface area contributed by atoms with E-state index < -0.39 is 5.82 Å². The van der Waals surface area contributed by atoms with E-state index in [1.807, 2.05) is 0 Å². The number of nitrogens with one attached hydrogen (secondary N) is 2. The van der Waals surface area contributed by atoms with Gasteiger partial charge in [0.05, 0.1) is 6.54 Å². The van der Waals surface area contributed by atoms with E-state index in [1.54, 1.807) is 37.4 Å². The number of carbonyl (C=O) groups is 1. The average molecular weight is 353 g/mol. The molecule has 2 aromatic carbocycles. The van der Waals surface area contributed by atoms with Crippen molar-refractivity contribution < 1.29 is 13.9 Å². The fraction of sp³-hybridized carbons (Fsp3) is 0.133. The smallest absolute Gasteiger partial charge is 0.238 e. The predicted octanol–water partition coefficient (Wildman–Crippen LogP) is 3.54. The molecule has 110 valence electrons. The number of benzene rings is 2. The standard InChI is InChI=1S/C15H14BrFN2O2/c1-18-9-15(20)19-11-4-7-14(13(17)8-11)21-12-5-2-10(16)3-6-12/h2-8,18H,9H2,1H3,(H,19,20). The summed E-state index contributed by atoms with van der Waals surface area (Å²) in [5.74, 6) is -0.147. The number of amides is 1. The summed E-state index contributed by atoms with van der Waals surface area (Å²) in [6, 6.07) is 11.4. The lowest BCUT2D eigenvalue weighted by molar-refractivity contribution is -0.115. The van der Waals surface area contributed by atoms with Gasteiger partial charge < -0.3 is 15.4 Å². The second kappa shape index (κ2) is 7.19. The molecule has 0 radical (unpaired) electrons. The maximum atomic E-state index is 14.0. The van der Waals surface area contributed by atoms with Gasteiger partial charge in [0.15, 0.2) is 11.6 Å². The highest BCUT2D eigenvalue weighted by Crippen LogP contribution is 2.27. The van der Waals surface area contributed by atoms with Crippen LogP contribution in [0.3, 0.4) is 0 Å². The monoisotopic (exact) mass is 352 g/mol. The summed E-state index contributed by atoms with van der Waals surface area (Å²) in [4.78, 5) is 11.4. The molecule has 2 N–H and O–H groups in total. The highest BCUT2D eigenvalue weighted by atomic mass is 79.9. The van der Waals surface area contributed by atoms with Crippen LogP contribution in [0.4, 0.5) is 10.1 Å². The molecule has 2 rings (SSSR count). The molecule has 0 aliphatic carbocycles. The summed E-state index contributed by atoms with van der Waals surface area (Å²) in [6.45, 7) is 0.165. The number of hydrogen-bond donors (Lipinski definition) is 2. The first-order chi connectivity index (χ1) is 10.1. The van der Waals surface area contributed by atoms with E-state index in [0.717, 1.165) is 4.47 Å². The lowest BCUT2D eigenvalue weighted by Gasteiger charge is -2.09. The summed E-state index contributed by atoms with van der Waals surface area (Å²) < 4.78 is 20.3. The molecule has 0 saturated carbocycles. The van der Waals surface area contributed by atoms with Gasteiger partial charge in [0, 0.05) is 16.2 Å². The fourth-order valence-corrected chi connectivity index (χ4v) is 1.92. The van der Waals surface area contributed by atoms with Crippen molar-refractivity contribution in [1.82, 2.24) is 5.32 Å². The molecule has 4 nitrogen and oxygen atoms in total. The van der Waals surface area contributed by atoms with Crippen LogP contribution in [0.25, 0.3) is 0 Å². The Morgan fingerprint density at radius 2 is 1.95 bits per heavy atom. The van der Waals surface area contributed by atoms with Gasteiger partial charge in [-0.3, -0.25) is 4.79 Å². The number of ether oxygens (including phenoxy) is 1. The van der Waals surface area contributed by atoms with Crippen LogP contribution in [0, 0.1) is 5.82 Å². The van der Waals surface area contributed by atoms with E-state index in [-0.39, 0.29) is 18.2 Å². The van der Waals surface area contributed by atoms with E-state index in [9.17, 15) is 9.18 Å². The SMILES string of the molecule is CNCC(=O)Nc1ccc(Oc2ccc(Br)cc2)c(F)c1. The number of likely N-dealkylation sites (N-methyl/N-ethyl adjacent to an activating group) is 1. The third-order valence-electron chi connectivity index (χ3n) is 2.59.